The Morgan fingerprint density at radius 1 is 1.06 bits per heavy atom. The van der Waals surface area contributed by atoms with Crippen molar-refractivity contribution in [3.05, 3.63) is 48.1 Å². The number of ether oxygens (including phenoxy) is 1. The Morgan fingerprint density at radius 2 is 1.82 bits per heavy atom. The minimum Gasteiger partial charge on any atom is -0.388 e. The molecule has 0 aromatic heterocycles. The first-order chi connectivity index (χ1) is 16.0. The molecule has 0 radical (unpaired) electrons. The molecule has 3 heteroatoms. The lowest BCUT2D eigenvalue weighted by atomic mass is 9.84. The van der Waals surface area contributed by atoms with E-state index in [0.717, 1.165) is 37.2 Å². The third-order valence-electron chi connectivity index (χ3n) is 7.00. The lowest BCUT2D eigenvalue weighted by Crippen LogP contribution is -2.21. The van der Waals surface area contributed by atoms with Gasteiger partial charge in [-0.15, -0.1) is 0 Å². The van der Waals surface area contributed by atoms with Crippen molar-refractivity contribution < 1.29 is 14.6 Å². The summed E-state index contributed by atoms with van der Waals surface area (Å²) in [7, 11) is 1.85. The van der Waals surface area contributed by atoms with E-state index in [0.29, 0.717) is 6.10 Å². The van der Waals surface area contributed by atoms with E-state index in [-0.39, 0.29) is 18.1 Å². The molecular formula is C30H50O3. The van der Waals surface area contributed by atoms with Crippen LogP contribution in [0.4, 0.5) is 0 Å². The molecule has 1 N–H and O–H groups in total. The Morgan fingerprint density at radius 3 is 2.58 bits per heavy atom. The summed E-state index contributed by atoms with van der Waals surface area (Å²) in [5.74, 6) is 1.00. The minimum atomic E-state index is -0.640. The van der Waals surface area contributed by atoms with E-state index in [9.17, 15) is 9.90 Å². The van der Waals surface area contributed by atoms with Crippen molar-refractivity contribution in [3.8, 4) is 0 Å². The molecule has 33 heavy (non-hydrogen) atoms. The van der Waals surface area contributed by atoms with Crippen LogP contribution in [0.25, 0.3) is 0 Å². The maximum atomic E-state index is 12.4. The second kappa shape index (κ2) is 18.9. The van der Waals surface area contributed by atoms with Crippen molar-refractivity contribution >= 4 is 5.78 Å². The van der Waals surface area contributed by atoms with Gasteiger partial charge < -0.3 is 9.84 Å². The van der Waals surface area contributed by atoms with Crippen molar-refractivity contribution in [2.75, 3.05) is 7.11 Å². The lowest BCUT2D eigenvalue weighted by Gasteiger charge is -2.28. The summed E-state index contributed by atoms with van der Waals surface area (Å²) in [5, 5.41) is 10.4. The lowest BCUT2D eigenvalue weighted by molar-refractivity contribution is -0.124. The van der Waals surface area contributed by atoms with Gasteiger partial charge in [-0.25, -0.2) is 0 Å². The van der Waals surface area contributed by atoms with Crippen LogP contribution in [0.3, 0.4) is 0 Å². The number of hydrogen-bond acceptors (Lipinski definition) is 3. The average Bonchev–Trinajstić information content (AvgIpc) is 2.82. The number of aliphatic hydroxyl groups is 1. The molecule has 0 bridgehead atoms. The number of carbonyl (C=O) groups is 1. The highest BCUT2D eigenvalue weighted by molar-refractivity contribution is 5.81. The van der Waals surface area contributed by atoms with E-state index in [1.807, 2.05) is 58.3 Å². The summed E-state index contributed by atoms with van der Waals surface area (Å²) in [6, 6.07) is 0. The number of rotatable bonds is 17. The van der Waals surface area contributed by atoms with Crippen LogP contribution in [0.1, 0.15) is 104 Å². The van der Waals surface area contributed by atoms with Gasteiger partial charge in [0.1, 0.15) is 5.78 Å². The maximum absolute atomic E-state index is 12.4. The van der Waals surface area contributed by atoms with E-state index in [1.165, 1.54) is 51.4 Å². The van der Waals surface area contributed by atoms with Crippen LogP contribution in [0.15, 0.2) is 48.1 Å². The third-order valence-corrected chi connectivity index (χ3v) is 7.00. The van der Waals surface area contributed by atoms with E-state index in [1.54, 1.807) is 0 Å². The number of ketones is 1. The summed E-state index contributed by atoms with van der Waals surface area (Å²) < 4.78 is 5.54. The topological polar surface area (TPSA) is 46.5 Å². The molecular weight excluding hydrogens is 408 g/mol. The normalized spacial score (nSPS) is 21.9. The van der Waals surface area contributed by atoms with Gasteiger partial charge >= 0.3 is 0 Å². The predicted octanol–water partition coefficient (Wildman–Crippen LogP) is 7.90. The smallest absolute Gasteiger partial charge is 0.138 e. The van der Waals surface area contributed by atoms with Crippen LogP contribution in [-0.2, 0) is 9.53 Å². The van der Waals surface area contributed by atoms with Gasteiger partial charge in [-0.2, -0.15) is 0 Å². The number of aliphatic hydroxyl groups excluding tert-OH is 1. The van der Waals surface area contributed by atoms with Gasteiger partial charge in [-0.05, 0) is 63.9 Å². The van der Waals surface area contributed by atoms with Crippen LogP contribution in [0, 0.1) is 11.8 Å². The summed E-state index contributed by atoms with van der Waals surface area (Å²) in [4.78, 5) is 12.4. The first kappa shape index (κ1) is 29.6. The van der Waals surface area contributed by atoms with Crippen molar-refractivity contribution in [1.29, 1.82) is 0 Å². The molecule has 0 aromatic rings. The molecule has 188 valence electrons. The van der Waals surface area contributed by atoms with Crippen molar-refractivity contribution in [2.24, 2.45) is 11.8 Å². The summed E-state index contributed by atoms with van der Waals surface area (Å²) >= 11 is 0. The maximum Gasteiger partial charge on any atom is 0.138 e. The molecule has 1 saturated carbocycles. The number of methoxy groups -OCH3 is 1. The Balaban J connectivity index is 2.14. The molecule has 4 atom stereocenters. The van der Waals surface area contributed by atoms with Gasteiger partial charge in [-0.1, -0.05) is 88.0 Å². The average molecular weight is 459 g/mol. The highest BCUT2D eigenvalue weighted by Gasteiger charge is 2.21. The van der Waals surface area contributed by atoms with Crippen LogP contribution in [0.2, 0.25) is 0 Å². The second-order valence-corrected chi connectivity index (χ2v) is 9.83. The first-order valence-corrected chi connectivity index (χ1v) is 13.3. The number of hydrogen-bond donors (Lipinski definition) is 1. The molecule has 0 spiro atoms. The van der Waals surface area contributed by atoms with Crippen molar-refractivity contribution in [2.45, 2.75) is 116 Å². The summed E-state index contributed by atoms with van der Waals surface area (Å²) in [5.41, 5.74) is 0.942. The Hall–Kier alpha value is -1.45. The van der Waals surface area contributed by atoms with Gasteiger partial charge in [0, 0.05) is 19.4 Å². The fraction of sp³-hybridized carbons (Fsp3) is 0.700. The predicted molar refractivity (Wildman–Crippen MR) is 141 cm³/mol. The zero-order valence-corrected chi connectivity index (χ0v) is 21.8. The van der Waals surface area contributed by atoms with Crippen LogP contribution in [-0.4, -0.2) is 30.2 Å². The van der Waals surface area contributed by atoms with E-state index in [4.69, 9.17) is 4.74 Å². The van der Waals surface area contributed by atoms with Gasteiger partial charge in [0.05, 0.1) is 12.2 Å². The largest absolute Gasteiger partial charge is 0.388 e. The fourth-order valence-electron chi connectivity index (χ4n) is 4.59. The van der Waals surface area contributed by atoms with Gasteiger partial charge in [-0.3, -0.25) is 4.79 Å². The molecule has 1 fully saturated rings. The van der Waals surface area contributed by atoms with Gasteiger partial charge in [0.2, 0.25) is 0 Å². The standard InChI is InChI=1S/C30H50O3/c1-5-6-7-8-9-11-14-18-25(2)29(31)24-30(32)26(3)19-15-12-10-13-16-20-27-21-17-22-28(23-27)33-4/h5-9,11,19,25,27-28,30,32H,10,12-18,20-24H2,1-4H3/b6-5-,8-7+,11-9+,26-19+. The SMILES string of the molecule is C\C=C/C=C/C=C/CCC(C)C(=O)CC(O)/C(C)=C/CCCCCCC1CCCC(OC)C1. The van der Waals surface area contributed by atoms with Gasteiger partial charge in [0.15, 0.2) is 0 Å². The van der Waals surface area contributed by atoms with Gasteiger partial charge in [0.25, 0.3) is 0 Å². The first-order valence-electron chi connectivity index (χ1n) is 13.3. The molecule has 3 nitrogen and oxygen atoms in total. The Labute approximate surface area is 204 Å². The van der Waals surface area contributed by atoms with Crippen LogP contribution in [0.5, 0.6) is 0 Å². The molecule has 0 amide bonds. The second-order valence-electron chi connectivity index (χ2n) is 9.83. The quantitative estimate of drug-likeness (QED) is 0.137. The monoisotopic (exact) mass is 458 g/mol. The zero-order chi connectivity index (χ0) is 24.3. The number of Topliss-reactive ketones (excluding diaryl/α,β-unsaturated/α-hetero) is 1. The molecule has 0 aromatic carbocycles. The fourth-order valence-corrected chi connectivity index (χ4v) is 4.59. The highest BCUT2D eigenvalue weighted by Crippen LogP contribution is 2.30. The van der Waals surface area contributed by atoms with Crippen LogP contribution < -0.4 is 0 Å². The Kier molecular flexibility index (Phi) is 17.0. The number of carbonyl (C=O) groups excluding carboxylic acids is 1. The summed E-state index contributed by atoms with van der Waals surface area (Å²) in [6.07, 6.45) is 28.5. The minimum absolute atomic E-state index is 0.0139. The molecule has 0 aliphatic heterocycles. The summed E-state index contributed by atoms with van der Waals surface area (Å²) in [6.45, 7) is 5.92. The number of allylic oxidation sites excluding steroid dienone is 7. The third kappa shape index (κ3) is 14.4. The molecule has 0 saturated heterocycles. The molecule has 1 rings (SSSR count). The molecule has 1 aliphatic carbocycles. The van der Waals surface area contributed by atoms with Crippen LogP contribution >= 0.6 is 0 Å². The Bertz CT molecular complexity index is 628. The van der Waals surface area contributed by atoms with E-state index in [2.05, 4.69) is 12.2 Å². The zero-order valence-electron chi connectivity index (χ0n) is 21.8. The van der Waals surface area contributed by atoms with Crippen molar-refractivity contribution in [3.63, 3.8) is 0 Å². The molecule has 4 unspecified atom stereocenters. The van der Waals surface area contributed by atoms with E-state index < -0.39 is 6.10 Å². The molecule has 1 aliphatic rings. The van der Waals surface area contributed by atoms with E-state index >= 15 is 0 Å². The number of unbranched alkanes of at least 4 members (excludes halogenated alkanes) is 4. The highest BCUT2D eigenvalue weighted by atomic mass is 16.5. The van der Waals surface area contributed by atoms with Crippen molar-refractivity contribution in [1.82, 2.24) is 0 Å². The molecule has 0 heterocycles.